The molecule has 3 saturated heterocycles. The van der Waals surface area contributed by atoms with Gasteiger partial charge in [-0.2, -0.15) is 15.5 Å². The first-order valence-corrected chi connectivity index (χ1v) is 21.1. The van der Waals surface area contributed by atoms with E-state index in [1.165, 1.54) is 16.4 Å². The van der Waals surface area contributed by atoms with Crippen LogP contribution in [0.25, 0.3) is 16.4 Å². The number of anilines is 2. The van der Waals surface area contributed by atoms with Gasteiger partial charge in [-0.15, -0.1) is 0 Å². The maximum atomic E-state index is 13.5. The lowest BCUT2D eigenvalue weighted by Crippen LogP contribution is -2.55. The molecule has 3 aromatic heterocycles. The summed E-state index contributed by atoms with van der Waals surface area (Å²) in [7, 11) is 0. The van der Waals surface area contributed by atoms with Crippen molar-refractivity contribution in [1.82, 2.24) is 34.5 Å². The van der Waals surface area contributed by atoms with Crippen LogP contribution in [0.3, 0.4) is 0 Å². The van der Waals surface area contributed by atoms with Crippen molar-refractivity contribution in [2.45, 2.75) is 94.9 Å². The number of aliphatic hydroxyl groups is 1. The molecular formula is C45H52N10O4. The maximum absolute atomic E-state index is 13.5. The third-order valence-electron chi connectivity index (χ3n) is 13.2. The van der Waals surface area contributed by atoms with Crippen LogP contribution in [0.2, 0.25) is 0 Å². The molecule has 1 aliphatic carbocycles. The predicted octanol–water partition coefficient (Wildman–Crippen LogP) is 5.33. The highest BCUT2D eigenvalue weighted by Crippen LogP contribution is 2.36. The molecule has 3 aliphatic heterocycles. The number of nitriles is 1. The Kier molecular flexibility index (Phi) is 10.4. The van der Waals surface area contributed by atoms with Crippen molar-refractivity contribution in [1.29, 1.82) is 5.26 Å². The molecule has 4 fully saturated rings. The summed E-state index contributed by atoms with van der Waals surface area (Å²) in [5.41, 5.74) is 4.23. The van der Waals surface area contributed by atoms with Gasteiger partial charge in [-0.05, 0) is 107 Å². The van der Waals surface area contributed by atoms with Crippen LogP contribution in [0.4, 0.5) is 11.4 Å². The number of nitrogens with zero attached hydrogens (tertiary/aromatic N) is 8. The van der Waals surface area contributed by atoms with E-state index in [1.807, 2.05) is 12.1 Å². The number of nitrogens with one attached hydrogen (secondary N) is 2. The van der Waals surface area contributed by atoms with Crippen LogP contribution in [0.5, 0.6) is 0 Å². The number of piperidine rings is 2. The fourth-order valence-corrected chi connectivity index (χ4v) is 9.88. The number of rotatable bonds is 8. The molecule has 0 radical (unpaired) electrons. The highest BCUT2D eigenvalue weighted by Gasteiger charge is 2.33. The molecule has 59 heavy (non-hydrogen) atoms. The van der Waals surface area contributed by atoms with E-state index in [-0.39, 0.29) is 23.6 Å². The zero-order chi connectivity index (χ0) is 40.8. The quantitative estimate of drug-likeness (QED) is 0.175. The van der Waals surface area contributed by atoms with Gasteiger partial charge in [0.05, 0.1) is 40.4 Å². The summed E-state index contributed by atoms with van der Waals surface area (Å²) < 4.78 is 3.60. The predicted molar refractivity (Wildman–Crippen MR) is 224 cm³/mol. The van der Waals surface area contributed by atoms with Crippen LogP contribution in [-0.4, -0.2) is 103 Å². The summed E-state index contributed by atoms with van der Waals surface area (Å²) >= 11 is 0. The van der Waals surface area contributed by atoms with Crippen molar-refractivity contribution in [2.75, 3.05) is 49.5 Å². The third kappa shape index (κ3) is 7.94. The summed E-state index contributed by atoms with van der Waals surface area (Å²) in [6.45, 7) is 9.89. The summed E-state index contributed by atoms with van der Waals surface area (Å²) in [5.74, 6) is -0.974. The average Bonchev–Trinajstić information content (AvgIpc) is 3.87. The number of hydrogen-bond acceptors (Lipinski definition) is 10. The zero-order valence-corrected chi connectivity index (χ0v) is 33.8. The van der Waals surface area contributed by atoms with Gasteiger partial charge < -0.3 is 15.3 Å². The van der Waals surface area contributed by atoms with Crippen LogP contribution in [0, 0.1) is 11.3 Å². The molecule has 306 valence electrons. The van der Waals surface area contributed by atoms with Crippen molar-refractivity contribution in [3.8, 4) is 6.07 Å². The van der Waals surface area contributed by atoms with Gasteiger partial charge in [0, 0.05) is 86.3 Å². The number of hydrogen-bond donors (Lipinski definition) is 3. The summed E-state index contributed by atoms with van der Waals surface area (Å²) in [6.07, 6.45) is 11.1. The van der Waals surface area contributed by atoms with Crippen molar-refractivity contribution in [2.24, 2.45) is 0 Å². The Labute approximate surface area is 343 Å². The molecule has 1 atom stereocenters. The minimum Gasteiger partial charge on any atom is -0.386 e. The number of fused-ring (bicyclic) bond motifs is 2. The number of imide groups is 1. The molecule has 14 heteroatoms. The number of carbonyl (C=O) groups excluding carboxylic acids is 3. The molecule has 6 heterocycles. The van der Waals surface area contributed by atoms with E-state index in [4.69, 9.17) is 5.10 Å². The zero-order valence-electron chi connectivity index (χ0n) is 33.8. The van der Waals surface area contributed by atoms with Crippen molar-refractivity contribution in [3.05, 3.63) is 89.4 Å². The van der Waals surface area contributed by atoms with E-state index in [0.717, 1.165) is 94.3 Å². The minimum atomic E-state index is -1.23. The van der Waals surface area contributed by atoms with Gasteiger partial charge in [-0.1, -0.05) is 12.1 Å². The van der Waals surface area contributed by atoms with Crippen LogP contribution in [-0.2, 0) is 15.2 Å². The number of carbonyl (C=O) groups is 3. The van der Waals surface area contributed by atoms with Gasteiger partial charge in [0.25, 0.3) is 5.91 Å². The second kappa shape index (κ2) is 15.9. The van der Waals surface area contributed by atoms with E-state index < -0.39 is 5.60 Å². The molecule has 9 rings (SSSR count). The molecule has 5 aromatic rings. The Morgan fingerprint density at radius 1 is 0.864 bits per heavy atom. The van der Waals surface area contributed by atoms with Crippen molar-refractivity contribution in [3.63, 3.8) is 0 Å². The average molecular weight is 797 g/mol. The Morgan fingerprint density at radius 3 is 2.20 bits per heavy atom. The van der Waals surface area contributed by atoms with Gasteiger partial charge in [0.2, 0.25) is 11.8 Å². The van der Waals surface area contributed by atoms with Crippen LogP contribution in [0.15, 0.2) is 67.0 Å². The molecule has 2 aromatic carbocycles. The number of piperazine rings is 1. The highest BCUT2D eigenvalue weighted by atomic mass is 16.3. The van der Waals surface area contributed by atoms with Crippen LogP contribution in [0.1, 0.15) is 104 Å². The van der Waals surface area contributed by atoms with Gasteiger partial charge >= 0.3 is 0 Å². The lowest BCUT2D eigenvalue weighted by Gasteiger charge is -2.46. The van der Waals surface area contributed by atoms with E-state index in [0.29, 0.717) is 59.0 Å². The maximum Gasteiger partial charge on any atom is 0.274 e. The van der Waals surface area contributed by atoms with Gasteiger partial charge in [-0.25, -0.2) is 4.52 Å². The fourth-order valence-electron chi connectivity index (χ4n) is 9.88. The molecule has 14 nitrogen and oxygen atoms in total. The fraction of sp³-hybridized carbons (Fsp3) is 0.467. The molecule has 3 N–H and O–H groups in total. The Hall–Kier alpha value is -5.62. The Balaban J connectivity index is 0.770. The lowest BCUT2D eigenvalue weighted by molar-refractivity contribution is -0.134. The summed E-state index contributed by atoms with van der Waals surface area (Å²) in [6, 6.07) is 20.8. The second-order valence-corrected chi connectivity index (χ2v) is 17.3. The topological polar surface area (TPSA) is 164 Å². The van der Waals surface area contributed by atoms with E-state index in [9.17, 15) is 24.8 Å². The lowest BCUT2D eigenvalue weighted by atomic mass is 9.89. The molecule has 1 unspecified atom stereocenters. The van der Waals surface area contributed by atoms with Crippen molar-refractivity contribution >= 4 is 45.5 Å². The molecule has 1 saturated carbocycles. The minimum absolute atomic E-state index is 0.179. The van der Waals surface area contributed by atoms with Crippen LogP contribution >= 0.6 is 0 Å². The monoisotopic (exact) mass is 796 g/mol. The highest BCUT2D eigenvalue weighted by molar-refractivity contribution is 6.05. The molecule has 4 aliphatic rings. The van der Waals surface area contributed by atoms with Gasteiger partial charge in [0.15, 0.2) is 0 Å². The second-order valence-electron chi connectivity index (χ2n) is 17.3. The largest absolute Gasteiger partial charge is 0.386 e. The van der Waals surface area contributed by atoms with E-state index in [2.05, 4.69) is 71.6 Å². The molecule has 0 bridgehead atoms. The molecule has 0 spiro atoms. The van der Waals surface area contributed by atoms with Gasteiger partial charge in [0.1, 0.15) is 11.8 Å². The first-order valence-electron chi connectivity index (χ1n) is 21.1. The third-order valence-corrected chi connectivity index (χ3v) is 13.2. The summed E-state index contributed by atoms with van der Waals surface area (Å²) in [5, 5.41) is 36.1. The van der Waals surface area contributed by atoms with E-state index >= 15 is 0 Å². The van der Waals surface area contributed by atoms with E-state index in [1.54, 1.807) is 32.0 Å². The summed E-state index contributed by atoms with van der Waals surface area (Å²) in [4.78, 5) is 45.3. The number of amides is 3. The van der Waals surface area contributed by atoms with Crippen LogP contribution < -0.4 is 15.5 Å². The first kappa shape index (κ1) is 38.9. The number of benzene rings is 2. The van der Waals surface area contributed by atoms with Crippen molar-refractivity contribution < 1.29 is 19.5 Å². The smallest absolute Gasteiger partial charge is 0.274 e. The van der Waals surface area contributed by atoms with Gasteiger partial charge in [-0.3, -0.25) is 34.2 Å². The molecule has 3 amide bonds. The SMILES string of the molecule is CC(C)(O)c1cc2nn(C3CCC(N4CCN(C5CCN(c6ccc(C7CCC(=O)NC7=O)cc6)CC5)CC4)CC3)cc2cc1NC(=O)c1ccc2cc(C#N)cnn12. The molecular weight excluding hydrogens is 745 g/mol. The first-order chi connectivity index (χ1) is 28.5. The standard InChI is InChI=1S/C45H52N10O4/c1-45(2,59)38-25-39-31(24-40(38)48-44(58)41-13-11-36-23-29(26-46)27-47-55(36)41)28-54(50-39)35-9-7-33(8-10-35)52-19-21-53(22-20-52)34-15-17-51(18-16-34)32-5-3-30(4-6-32)37-12-14-42(56)49-43(37)57/h3-6,11,13,23-25,27-28,33-35,37,59H,7-10,12,14-22H2,1-2H3,(H,48,58)(H,49,56,57). The Morgan fingerprint density at radius 2 is 1.54 bits per heavy atom. The normalized spacial score (nSPS) is 22.7. The number of aromatic nitrogens is 4. The Bertz CT molecular complexity index is 2420.